The minimum atomic E-state index is -0.274. The van der Waals surface area contributed by atoms with Gasteiger partial charge in [-0.15, -0.1) is 0 Å². The Labute approximate surface area is 189 Å². The number of aryl methyl sites for hydroxylation is 1. The molecule has 0 saturated carbocycles. The second-order valence-corrected chi connectivity index (χ2v) is 8.83. The SMILES string of the molecule is Cc1ccc(C2=C(N3CCN(CCO)CC3)C(=O)N(c3ccc(C(C)C)cc3)C2=O)cc1. The number of aliphatic hydroxyl groups is 1. The van der Waals surface area contributed by atoms with Crippen LogP contribution in [0.2, 0.25) is 0 Å². The van der Waals surface area contributed by atoms with Crippen LogP contribution in [0.4, 0.5) is 5.69 Å². The van der Waals surface area contributed by atoms with Gasteiger partial charge in [0.1, 0.15) is 5.70 Å². The molecule has 1 fully saturated rings. The van der Waals surface area contributed by atoms with Crippen molar-refractivity contribution >= 4 is 23.1 Å². The zero-order valence-corrected chi connectivity index (χ0v) is 19.0. The minimum absolute atomic E-state index is 0.120. The summed E-state index contributed by atoms with van der Waals surface area (Å²) < 4.78 is 0. The van der Waals surface area contributed by atoms with E-state index < -0.39 is 0 Å². The molecule has 2 heterocycles. The Hall–Kier alpha value is -2.96. The van der Waals surface area contributed by atoms with Gasteiger partial charge < -0.3 is 10.0 Å². The summed E-state index contributed by atoms with van der Waals surface area (Å²) in [5.41, 5.74) is 4.59. The Morgan fingerprint density at radius 3 is 2.06 bits per heavy atom. The lowest BCUT2D eigenvalue weighted by atomic mass is 10.0. The van der Waals surface area contributed by atoms with Crippen LogP contribution < -0.4 is 4.90 Å². The van der Waals surface area contributed by atoms with Gasteiger partial charge in [-0.3, -0.25) is 14.5 Å². The van der Waals surface area contributed by atoms with E-state index >= 15 is 0 Å². The molecule has 0 bridgehead atoms. The van der Waals surface area contributed by atoms with E-state index in [1.807, 2.05) is 60.4 Å². The number of aliphatic hydroxyl groups excluding tert-OH is 1. The molecule has 6 heteroatoms. The molecule has 0 radical (unpaired) electrons. The number of benzene rings is 2. The topological polar surface area (TPSA) is 64.1 Å². The van der Waals surface area contributed by atoms with E-state index in [4.69, 9.17) is 0 Å². The lowest BCUT2D eigenvalue weighted by Gasteiger charge is -2.36. The van der Waals surface area contributed by atoms with Gasteiger partial charge in [0, 0.05) is 32.7 Å². The Morgan fingerprint density at radius 1 is 0.875 bits per heavy atom. The Balaban J connectivity index is 1.71. The van der Waals surface area contributed by atoms with E-state index in [1.54, 1.807) is 0 Å². The molecule has 0 aromatic heterocycles. The fourth-order valence-electron chi connectivity index (χ4n) is 4.37. The van der Waals surface area contributed by atoms with E-state index in [2.05, 4.69) is 18.7 Å². The van der Waals surface area contributed by atoms with Crippen LogP contribution >= 0.6 is 0 Å². The van der Waals surface area contributed by atoms with Crippen molar-refractivity contribution in [2.24, 2.45) is 0 Å². The maximum Gasteiger partial charge on any atom is 0.282 e. The lowest BCUT2D eigenvalue weighted by Crippen LogP contribution is -2.48. The van der Waals surface area contributed by atoms with Gasteiger partial charge >= 0.3 is 0 Å². The van der Waals surface area contributed by atoms with Gasteiger partial charge in [0.25, 0.3) is 11.8 Å². The molecule has 32 heavy (non-hydrogen) atoms. The summed E-state index contributed by atoms with van der Waals surface area (Å²) in [6, 6.07) is 15.5. The highest BCUT2D eigenvalue weighted by Crippen LogP contribution is 2.35. The fraction of sp³-hybridized carbons (Fsp3) is 0.385. The van der Waals surface area contributed by atoms with Crippen molar-refractivity contribution < 1.29 is 14.7 Å². The molecule has 0 unspecified atom stereocenters. The molecule has 2 amide bonds. The third-order valence-electron chi connectivity index (χ3n) is 6.32. The van der Waals surface area contributed by atoms with E-state index in [9.17, 15) is 14.7 Å². The Kier molecular flexibility index (Phi) is 6.44. The standard InChI is InChI=1S/C26H31N3O3/c1-18(2)20-8-10-22(11-9-20)29-25(31)23(21-6-4-19(3)5-7-21)24(26(29)32)28-14-12-27(13-15-28)16-17-30/h4-11,18,30H,12-17H2,1-3H3. The lowest BCUT2D eigenvalue weighted by molar-refractivity contribution is -0.120. The third kappa shape index (κ3) is 4.20. The molecular weight excluding hydrogens is 402 g/mol. The molecule has 2 aliphatic heterocycles. The summed E-state index contributed by atoms with van der Waals surface area (Å²) in [5.74, 6) is -0.163. The first kappa shape index (κ1) is 22.2. The molecule has 2 aromatic carbocycles. The average Bonchev–Trinajstić information content (AvgIpc) is 3.05. The molecule has 0 spiro atoms. The van der Waals surface area contributed by atoms with E-state index in [-0.39, 0.29) is 18.4 Å². The number of piperazine rings is 1. The number of amides is 2. The maximum absolute atomic E-state index is 13.6. The summed E-state index contributed by atoms with van der Waals surface area (Å²) in [7, 11) is 0. The number of hydrogen-bond donors (Lipinski definition) is 1. The molecule has 168 valence electrons. The van der Waals surface area contributed by atoms with Gasteiger partial charge in [-0.05, 0) is 36.1 Å². The first-order valence-corrected chi connectivity index (χ1v) is 11.3. The van der Waals surface area contributed by atoms with Crippen molar-refractivity contribution in [3.63, 3.8) is 0 Å². The van der Waals surface area contributed by atoms with Crippen LogP contribution in [0.3, 0.4) is 0 Å². The summed E-state index contributed by atoms with van der Waals surface area (Å²) in [4.78, 5) is 32.8. The maximum atomic E-state index is 13.6. The number of carbonyl (C=O) groups excluding carboxylic acids is 2. The number of hydrogen-bond acceptors (Lipinski definition) is 5. The van der Waals surface area contributed by atoms with Crippen LogP contribution in [-0.2, 0) is 9.59 Å². The van der Waals surface area contributed by atoms with Crippen molar-refractivity contribution in [1.82, 2.24) is 9.80 Å². The predicted molar refractivity (Wildman–Crippen MR) is 126 cm³/mol. The van der Waals surface area contributed by atoms with Crippen molar-refractivity contribution in [3.05, 3.63) is 70.9 Å². The van der Waals surface area contributed by atoms with Crippen LogP contribution in [0.25, 0.3) is 5.57 Å². The largest absolute Gasteiger partial charge is 0.395 e. The van der Waals surface area contributed by atoms with Gasteiger partial charge in [0.05, 0.1) is 17.9 Å². The van der Waals surface area contributed by atoms with Crippen molar-refractivity contribution in [1.29, 1.82) is 0 Å². The first-order chi connectivity index (χ1) is 15.4. The van der Waals surface area contributed by atoms with Crippen molar-refractivity contribution in [2.45, 2.75) is 26.7 Å². The number of imide groups is 1. The van der Waals surface area contributed by atoms with Crippen molar-refractivity contribution in [2.75, 3.05) is 44.2 Å². The summed E-state index contributed by atoms with van der Waals surface area (Å²) in [6.07, 6.45) is 0. The second kappa shape index (κ2) is 9.27. The number of β-amino-alcohol motifs (C(OH)–C–C–N with tert-alkyl or cyclic N) is 1. The smallest absolute Gasteiger partial charge is 0.282 e. The Morgan fingerprint density at radius 2 is 1.50 bits per heavy atom. The van der Waals surface area contributed by atoms with Crippen LogP contribution in [0, 0.1) is 6.92 Å². The molecule has 4 rings (SSSR count). The number of carbonyl (C=O) groups is 2. The number of anilines is 1. The zero-order valence-electron chi connectivity index (χ0n) is 19.0. The van der Waals surface area contributed by atoms with Gasteiger partial charge in [-0.1, -0.05) is 55.8 Å². The molecule has 6 nitrogen and oxygen atoms in total. The molecule has 2 aliphatic rings. The highest BCUT2D eigenvalue weighted by molar-refractivity contribution is 6.45. The van der Waals surface area contributed by atoms with Crippen LogP contribution in [-0.4, -0.2) is 66.1 Å². The van der Waals surface area contributed by atoms with Crippen molar-refractivity contribution in [3.8, 4) is 0 Å². The molecule has 2 aromatic rings. The van der Waals surface area contributed by atoms with Crippen LogP contribution in [0.1, 0.15) is 36.5 Å². The molecular formula is C26H31N3O3. The van der Waals surface area contributed by atoms with Crippen LogP contribution in [0.15, 0.2) is 54.2 Å². The molecule has 1 saturated heterocycles. The minimum Gasteiger partial charge on any atom is -0.395 e. The van der Waals surface area contributed by atoms with E-state index in [0.717, 1.165) is 24.2 Å². The van der Waals surface area contributed by atoms with Crippen LogP contribution in [0.5, 0.6) is 0 Å². The predicted octanol–water partition coefficient (Wildman–Crippen LogP) is 3.01. The molecule has 1 N–H and O–H groups in total. The molecule has 0 aliphatic carbocycles. The van der Waals surface area contributed by atoms with Gasteiger partial charge in [0.15, 0.2) is 0 Å². The average molecular weight is 434 g/mol. The fourth-order valence-corrected chi connectivity index (χ4v) is 4.37. The monoisotopic (exact) mass is 433 g/mol. The van der Waals surface area contributed by atoms with Gasteiger partial charge in [-0.2, -0.15) is 0 Å². The van der Waals surface area contributed by atoms with E-state index in [0.29, 0.717) is 42.5 Å². The Bertz CT molecular complexity index is 1020. The quantitative estimate of drug-likeness (QED) is 0.710. The zero-order chi connectivity index (χ0) is 22.8. The van der Waals surface area contributed by atoms with Gasteiger partial charge in [0.2, 0.25) is 0 Å². The first-order valence-electron chi connectivity index (χ1n) is 11.3. The number of nitrogens with zero attached hydrogens (tertiary/aromatic N) is 3. The highest BCUT2D eigenvalue weighted by Gasteiger charge is 2.43. The summed E-state index contributed by atoms with van der Waals surface area (Å²) in [5, 5.41) is 9.23. The normalized spacial score (nSPS) is 17.8. The number of rotatable bonds is 6. The van der Waals surface area contributed by atoms with E-state index in [1.165, 1.54) is 10.5 Å². The third-order valence-corrected chi connectivity index (χ3v) is 6.32. The molecule has 0 atom stereocenters. The summed E-state index contributed by atoms with van der Waals surface area (Å²) >= 11 is 0. The highest BCUT2D eigenvalue weighted by atomic mass is 16.3. The van der Waals surface area contributed by atoms with Gasteiger partial charge in [-0.25, -0.2) is 4.90 Å². The summed E-state index contributed by atoms with van der Waals surface area (Å²) in [6.45, 7) is 9.76. The second-order valence-electron chi connectivity index (χ2n) is 8.83.